The predicted molar refractivity (Wildman–Crippen MR) is 131 cm³/mol. The molecule has 1 saturated heterocycles. The normalized spacial score (nSPS) is 17.8. The molecule has 5 N–H and O–H groups in total. The number of hydrogen-bond acceptors (Lipinski definition) is 7. The van der Waals surface area contributed by atoms with Crippen molar-refractivity contribution in [3.05, 3.63) is 52.3 Å². The average molecular weight is 481 g/mol. The molecule has 1 aromatic carbocycles. The summed E-state index contributed by atoms with van der Waals surface area (Å²) in [6.45, 7) is 7.18. The molecular formula is C24H28N6O5. The van der Waals surface area contributed by atoms with Gasteiger partial charge in [-0.05, 0) is 44.0 Å². The van der Waals surface area contributed by atoms with E-state index in [0.29, 0.717) is 44.0 Å². The number of nitrogens with two attached hydrogens (primary N) is 1. The monoisotopic (exact) mass is 480 g/mol. The summed E-state index contributed by atoms with van der Waals surface area (Å²) in [7, 11) is 0. The number of aromatic amines is 1. The van der Waals surface area contributed by atoms with Crippen LogP contribution in [0.1, 0.15) is 43.2 Å². The fraction of sp³-hybridized carbons (Fsp3) is 0.375. The molecule has 11 nitrogen and oxygen atoms in total. The first-order valence-corrected chi connectivity index (χ1v) is 11.5. The van der Waals surface area contributed by atoms with Crippen molar-refractivity contribution in [1.29, 1.82) is 0 Å². The van der Waals surface area contributed by atoms with Gasteiger partial charge in [-0.2, -0.15) is 4.98 Å². The topological polar surface area (TPSA) is 160 Å². The molecule has 0 bridgehead atoms. The number of piperidine rings is 1. The molecule has 1 atom stereocenters. The van der Waals surface area contributed by atoms with Gasteiger partial charge in [0.2, 0.25) is 23.7 Å². The molecule has 0 aliphatic carbocycles. The highest BCUT2D eigenvalue weighted by molar-refractivity contribution is 6.04. The van der Waals surface area contributed by atoms with E-state index in [2.05, 4.69) is 27.2 Å². The second-order valence-electron chi connectivity index (χ2n) is 8.54. The molecule has 0 radical (unpaired) electrons. The fourth-order valence-corrected chi connectivity index (χ4v) is 4.34. The molecule has 1 fully saturated rings. The highest BCUT2D eigenvalue weighted by Crippen LogP contribution is 2.31. The molecule has 0 saturated carbocycles. The van der Waals surface area contributed by atoms with Gasteiger partial charge < -0.3 is 26.0 Å². The highest BCUT2D eigenvalue weighted by atomic mass is 16.5. The minimum absolute atomic E-state index is 0.0699. The third kappa shape index (κ3) is 5.18. The summed E-state index contributed by atoms with van der Waals surface area (Å²) < 4.78 is 5.38. The van der Waals surface area contributed by atoms with E-state index in [9.17, 15) is 19.2 Å². The maximum absolute atomic E-state index is 13.1. The third-order valence-corrected chi connectivity index (χ3v) is 6.24. The SMILES string of the molecule is C=C(OCC)c1ccc(NC(=O)[C@H]2CC(=O)Nc3nc(N4CCC(C(N)=O)CC4)[nH]c(=O)c32)cc1. The van der Waals surface area contributed by atoms with Gasteiger partial charge in [-0.1, -0.05) is 6.58 Å². The zero-order valence-corrected chi connectivity index (χ0v) is 19.4. The molecule has 0 spiro atoms. The maximum atomic E-state index is 13.1. The molecule has 3 heterocycles. The Labute approximate surface area is 201 Å². The van der Waals surface area contributed by atoms with Crippen LogP contribution >= 0.6 is 0 Å². The van der Waals surface area contributed by atoms with E-state index in [1.54, 1.807) is 24.3 Å². The molecule has 2 aliphatic rings. The number of amides is 3. The van der Waals surface area contributed by atoms with Crippen LogP contribution in [0, 0.1) is 5.92 Å². The first-order valence-electron chi connectivity index (χ1n) is 11.5. The van der Waals surface area contributed by atoms with Gasteiger partial charge in [-0.15, -0.1) is 0 Å². The Morgan fingerprint density at radius 1 is 1.23 bits per heavy atom. The number of carbonyl (C=O) groups is 3. The van der Waals surface area contributed by atoms with E-state index < -0.39 is 23.3 Å². The molecule has 0 unspecified atom stereocenters. The van der Waals surface area contributed by atoms with Crippen molar-refractivity contribution >= 4 is 40.9 Å². The van der Waals surface area contributed by atoms with Gasteiger partial charge in [-0.25, -0.2) is 0 Å². The fourth-order valence-electron chi connectivity index (χ4n) is 4.34. The number of hydrogen-bond donors (Lipinski definition) is 4. The minimum Gasteiger partial charge on any atom is -0.494 e. The van der Waals surface area contributed by atoms with Crippen LogP contribution in [0.3, 0.4) is 0 Å². The number of nitrogens with zero attached hydrogens (tertiary/aromatic N) is 2. The van der Waals surface area contributed by atoms with Crippen LogP contribution < -0.4 is 26.8 Å². The predicted octanol–water partition coefficient (Wildman–Crippen LogP) is 1.54. The number of primary amides is 1. The van der Waals surface area contributed by atoms with Crippen molar-refractivity contribution in [2.24, 2.45) is 11.7 Å². The van der Waals surface area contributed by atoms with Gasteiger partial charge in [0, 0.05) is 36.7 Å². The third-order valence-electron chi connectivity index (χ3n) is 6.24. The average Bonchev–Trinajstić information content (AvgIpc) is 2.83. The molecule has 2 aromatic rings. The summed E-state index contributed by atoms with van der Waals surface area (Å²) in [6.07, 6.45) is 0.917. The zero-order chi connectivity index (χ0) is 25.1. The van der Waals surface area contributed by atoms with Gasteiger partial charge >= 0.3 is 0 Å². The Bertz CT molecular complexity index is 1210. The Morgan fingerprint density at radius 3 is 2.54 bits per heavy atom. The standard InChI is InChI=1S/C24H28N6O5/c1-3-35-13(2)14-4-6-16(7-5-14)26-22(33)17-12-18(31)27-21-19(17)23(34)29-24(28-21)30-10-8-15(9-11-30)20(25)32/h4-7,15,17H,2-3,8-12H2,1H3,(H2,25,32)(H,26,33)(H2,27,28,29,31,34)/t17-/m0/s1. The number of nitrogens with one attached hydrogen (secondary N) is 3. The maximum Gasteiger partial charge on any atom is 0.258 e. The van der Waals surface area contributed by atoms with Crippen LogP contribution in [0.5, 0.6) is 0 Å². The van der Waals surface area contributed by atoms with Gasteiger partial charge in [0.25, 0.3) is 5.56 Å². The van der Waals surface area contributed by atoms with Crippen molar-refractivity contribution in [2.45, 2.75) is 32.1 Å². The van der Waals surface area contributed by atoms with Crippen LogP contribution in [0.25, 0.3) is 5.76 Å². The van der Waals surface area contributed by atoms with E-state index >= 15 is 0 Å². The largest absolute Gasteiger partial charge is 0.494 e. The second-order valence-corrected chi connectivity index (χ2v) is 8.54. The van der Waals surface area contributed by atoms with Crippen LogP contribution in [0.4, 0.5) is 17.5 Å². The van der Waals surface area contributed by atoms with Crippen molar-refractivity contribution in [1.82, 2.24) is 9.97 Å². The van der Waals surface area contributed by atoms with Crippen LogP contribution in [0.15, 0.2) is 35.6 Å². The molecule has 4 rings (SSSR count). The number of anilines is 3. The van der Waals surface area contributed by atoms with Crippen LogP contribution in [-0.2, 0) is 19.1 Å². The summed E-state index contributed by atoms with van der Waals surface area (Å²) >= 11 is 0. The Balaban J connectivity index is 1.53. The molecule has 11 heteroatoms. The van der Waals surface area contributed by atoms with Crippen molar-refractivity contribution in [3.8, 4) is 0 Å². The molecule has 3 amide bonds. The van der Waals surface area contributed by atoms with E-state index in [1.807, 2.05) is 11.8 Å². The number of ether oxygens (including phenoxy) is 1. The van der Waals surface area contributed by atoms with Gasteiger partial charge in [0.05, 0.1) is 18.1 Å². The molecule has 35 heavy (non-hydrogen) atoms. The first-order chi connectivity index (χ1) is 16.8. The molecular weight excluding hydrogens is 452 g/mol. The summed E-state index contributed by atoms with van der Waals surface area (Å²) in [5.41, 5.74) is 6.29. The zero-order valence-electron chi connectivity index (χ0n) is 19.4. The number of H-pyrrole nitrogens is 1. The minimum atomic E-state index is -0.997. The van der Waals surface area contributed by atoms with E-state index in [-0.39, 0.29) is 35.6 Å². The number of carbonyl (C=O) groups excluding carboxylic acids is 3. The Morgan fingerprint density at radius 2 is 1.91 bits per heavy atom. The number of rotatable bonds is 7. The molecule has 184 valence electrons. The lowest BCUT2D eigenvalue weighted by Crippen LogP contribution is -2.41. The lowest BCUT2D eigenvalue weighted by molar-refractivity contribution is -0.123. The summed E-state index contributed by atoms with van der Waals surface area (Å²) in [5, 5.41) is 5.38. The van der Waals surface area contributed by atoms with Crippen molar-refractivity contribution < 1.29 is 19.1 Å². The number of fused-ring (bicyclic) bond motifs is 1. The molecule has 2 aliphatic heterocycles. The quantitative estimate of drug-likeness (QED) is 0.437. The van der Waals surface area contributed by atoms with Crippen molar-refractivity contribution in [3.63, 3.8) is 0 Å². The highest BCUT2D eigenvalue weighted by Gasteiger charge is 2.35. The van der Waals surface area contributed by atoms with Crippen LogP contribution in [-0.4, -0.2) is 47.4 Å². The van der Waals surface area contributed by atoms with Crippen molar-refractivity contribution in [2.75, 3.05) is 35.2 Å². The summed E-state index contributed by atoms with van der Waals surface area (Å²) in [5.74, 6) is -1.57. The Hall–Kier alpha value is -4.15. The lowest BCUT2D eigenvalue weighted by Gasteiger charge is -2.32. The smallest absolute Gasteiger partial charge is 0.258 e. The Kier molecular flexibility index (Phi) is 6.85. The van der Waals surface area contributed by atoms with E-state index in [4.69, 9.17) is 10.5 Å². The first kappa shape index (κ1) is 24.0. The van der Waals surface area contributed by atoms with Gasteiger partial charge in [0.15, 0.2) is 0 Å². The second kappa shape index (κ2) is 10.00. The lowest BCUT2D eigenvalue weighted by atomic mass is 9.92. The van der Waals surface area contributed by atoms with Gasteiger partial charge in [-0.3, -0.25) is 24.2 Å². The summed E-state index contributed by atoms with van der Waals surface area (Å²) in [4.78, 5) is 58.8. The number of benzene rings is 1. The van der Waals surface area contributed by atoms with E-state index in [1.165, 1.54) is 0 Å². The number of aromatic nitrogens is 2. The van der Waals surface area contributed by atoms with Gasteiger partial charge in [0.1, 0.15) is 11.6 Å². The molecule has 1 aromatic heterocycles. The van der Waals surface area contributed by atoms with Crippen LogP contribution in [0.2, 0.25) is 0 Å². The van der Waals surface area contributed by atoms with E-state index in [0.717, 1.165) is 5.56 Å². The summed E-state index contributed by atoms with van der Waals surface area (Å²) in [6, 6.07) is 6.92.